The molecule has 1 rings (SSSR count). The summed E-state index contributed by atoms with van der Waals surface area (Å²) in [5.41, 5.74) is 5.27. The Bertz CT molecular complexity index is 187. The van der Waals surface area contributed by atoms with Crippen molar-refractivity contribution < 1.29 is 0 Å². The molecule has 0 amide bonds. The number of hydrogen-bond donors (Lipinski definition) is 1. The first-order valence-electron chi connectivity index (χ1n) is 3.39. The highest BCUT2D eigenvalue weighted by Gasteiger charge is 1.80. The Labute approximate surface area is 61.0 Å². The molecule has 0 aliphatic heterocycles. The van der Waals surface area contributed by atoms with Crippen molar-refractivity contribution in [1.82, 2.24) is 4.57 Å². The van der Waals surface area contributed by atoms with E-state index in [-0.39, 0.29) is 0 Å². The van der Waals surface area contributed by atoms with Gasteiger partial charge in [0.05, 0.1) is 0 Å². The summed E-state index contributed by atoms with van der Waals surface area (Å²) in [4.78, 5) is 0. The molecule has 0 radical (unpaired) electrons. The summed E-state index contributed by atoms with van der Waals surface area (Å²) in [6, 6.07) is 4.02. The van der Waals surface area contributed by atoms with Crippen molar-refractivity contribution in [3.63, 3.8) is 0 Å². The normalized spacial score (nSPS) is 10.9. The molecule has 0 aromatic carbocycles. The molecule has 0 saturated heterocycles. The van der Waals surface area contributed by atoms with Crippen molar-refractivity contribution in [3.8, 4) is 0 Å². The SMILES string of the molecule is NC/C=C/Cn1cccc1. The highest BCUT2D eigenvalue weighted by atomic mass is 14.9. The van der Waals surface area contributed by atoms with Crippen molar-refractivity contribution in [2.45, 2.75) is 6.54 Å². The van der Waals surface area contributed by atoms with Gasteiger partial charge >= 0.3 is 0 Å². The van der Waals surface area contributed by atoms with E-state index in [2.05, 4.69) is 10.6 Å². The van der Waals surface area contributed by atoms with E-state index in [4.69, 9.17) is 5.73 Å². The molecular formula is C8H12N2. The first-order valence-corrected chi connectivity index (χ1v) is 3.39. The van der Waals surface area contributed by atoms with Crippen LogP contribution >= 0.6 is 0 Å². The second-order valence-corrected chi connectivity index (χ2v) is 2.09. The molecule has 10 heavy (non-hydrogen) atoms. The minimum Gasteiger partial charge on any atom is -0.351 e. The second kappa shape index (κ2) is 3.90. The zero-order valence-corrected chi connectivity index (χ0v) is 5.90. The predicted molar refractivity (Wildman–Crippen MR) is 42.6 cm³/mol. The van der Waals surface area contributed by atoms with Gasteiger partial charge in [0.25, 0.3) is 0 Å². The summed E-state index contributed by atoms with van der Waals surface area (Å²) in [5, 5.41) is 0. The van der Waals surface area contributed by atoms with Crippen molar-refractivity contribution >= 4 is 0 Å². The minimum atomic E-state index is 0.626. The molecule has 0 unspecified atom stereocenters. The number of nitrogens with two attached hydrogens (primary N) is 1. The van der Waals surface area contributed by atoms with Crippen LogP contribution in [-0.4, -0.2) is 11.1 Å². The van der Waals surface area contributed by atoms with E-state index in [1.165, 1.54) is 0 Å². The number of rotatable bonds is 3. The first kappa shape index (κ1) is 7.09. The molecule has 0 atom stereocenters. The van der Waals surface area contributed by atoms with Crippen molar-refractivity contribution in [1.29, 1.82) is 0 Å². The Morgan fingerprint density at radius 2 is 1.90 bits per heavy atom. The summed E-state index contributed by atoms with van der Waals surface area (Å²) in [7, 11) is 0. The highest BCUT2D eigenvalue weighted by molar-refractivity contribution is 4.93. The maximum absolute atomic E-state index is 5.27. The Kier molecular flexibility index (Phi) is 2.77. The van der Waals surface area contributed by atoms with Gasteiger partial charge in [-0.15, -0.1) is 0 Å². The third-order valence-electron chi connectivity index (χ3n) is 1.29. The molecule has 2 N–H and O–H groups in total. The van der Waals surface area contributed by atoms with Crippen molar-refractivity contribution in [2.24, 2.45) is 5.73 Å². The van der Waals surface area contributed by atoms with Crippen LogP contribution in [0.2, 0.25) is 0 Å². The highest BCUT2D eigenvalue weighted by Crippen LogP contribution is 1.89. The van der Waals surface area contributed by atoms with Gasteiger partial charge in [-0.2, -0.15) is 0 Å². The van der Waals surface area contributed by atoms with E-state index < -0.39 is 0 Å². The third-order valence-corrected chi connectivity index (χ3v) is 1.29. The summed E-state index contributed by atoms with van der Waals surface area (Å²) in [6.07, 6.45) is 8.07. The summed E-state index contributed by atoms with van der Waals surface area (Å²) < 4.78 is 2.09. The smallest absolute Gasteiger partial charge is 0.0400 e. The van der Waals surface area contributed by atoms with E-state index in [1.807, 2.05) is 30.6 Å². The van der Waals surface area contributed by atoms with Crippen LogP contribution in [-0.2, 0) is 6.54 Å². The molecule has 2 nitrogen and oxygen atoms in total. The lowest BCUT2D eigenvalue weighted by Gasteiger charge is -1.93. The van der Waals surface area contributed by atoms with Gasteiger partial charge in [0.15, 0.2) is 0 Å². The molecule has 54 valence electrons. The number of aromatic nitrogens is 1. The summed E-state index contributed by atoms with van der Waals surface area (Å²) in [6.45, 7) is 1.55. The Morgan fingerprint density at radius 1 is 1.20 bits per heavy atom. The quantitative estimate of drug-likeness (QED) is 0.617. The fraction of sp³-hybridized carbons (Fsp3) is 0.250. The van der Waals surface area contributed by atoms with Gasteiger partial charge in [-0.25, -0.2) is 0 Å². The van der Waals surface area contributed by atoms with Crippen LogP contribution in [0.25, 0.3) is 0 Å². The maximum atomic E-state index is 5.27. The van der Waals surface area contributed by atoms with Crippen LogP contribution in [0.4, 0.5) is 0 Å². The van der Waals surface area contributed by atoms with E-state index >= 15 is 0 Å². The average Bonchev–Trinajstić information content (AvgIpc) is 2.41. The van der Waals surface area contributed by atoms with Crippen LogP contribution in [0.1, 0.15) is 0 Å². The standard InChI is InChI=1S/C8H12N2/c9-5-1-2-6-10-7-3-4-8-10/h1-4,7-8H,5-6,9H2/b2-1+. The molecule has 1 heterocycles. The molecular weight excluding hydrogens is 124 g/mol. The van der Waals surface area contributed by atoms with E-state index in [0.717, 1.165) is 6.54 Å². The van der Waals surface area contributed by atoms with Crippen LogP contribution in [0.3, 0.4) is 0 Å². The van der Waals surface area contributed by atoms with Crippen molar-refractivity contribution in [2.75, 3.05) is 6.54 Å². The van der Waals surface area contributed by atoms with Gasteiger partial charge in [-0.05, 0) is 12.1 Å². The van der Waals surface area contributed by atoms with Crippen LogP contribution in [0.5, 0.6) is 0 Å². The fourth-order valence-corrected chi connectivity index (χ4v) is 0.784. The first-order chi connectivity index (χ1) is 4.93. The van der Waals surface area contributed by atoms with Crippen LogP contribution in [0, 0.1) is 0 Å². The average molecular weight is 136 g/mol. The molecule has 1 aromatic heterocycles. The predicted octanol–water partition coefficient (Wildman–Crippen LogP) is 1.00. The summed E-state index contributed by atoms with van der Waals surface area (Å²) in [5.74, 6) is 0. The van der Waals surface area contributed by atoms with E-state index in [9.17, 15) is 0 Å². The second-order valence-electron chi connectivity index (χ2n) is 2.09. The zero-order chi connectivity index (χ0) is 7.23. The Hall–Kier alpha value is -1.02. The Balaban J connectivity index is 2.34. The molecule has 0 aliphatic carbocycles. The molecule has 0 fully saturated rings. The van der Waals surface area contributed by atoms with Crippen molar-refractivity contribution in [3.05, 3.63) is 36.7 Å². The molecule has 0 spiro atoms. The number of hydrogen-bond acceptors (Lipinski definition) is 1. The van der Waals surface area contributed by atoms with Gasteiger partial charge in [0.2, 0.25) is 0 Å². The molecule has 0 aliphatic rings. The minimum absolute atomic E-state index is 0.626. The monoisotopic (exact) mass is 136 g/mol. The fourth-order valence-electron chi connectivity index (χ4n) is 0.784. The number of allylic oxidation sites excluding steroid dienone is 1. The zero-order valence-electron chi connectivity index (χ0n) is 5.90. The largest absolute Gasteiger partial charge is 0.351 e. The third kappa shape index (κ3) is 2.07. The lowest BCUT2D eigenvalue weighted by atomic mass is 10.5. The summed E-state index contributed by atoms with van der Waals surface area (Å²) >= 11 is 0. The lowest BCUT2D eigenvalue weighted by molar-refractivity contribution is 0.828. The Morgan fingerprint density at radius 3 is 2.50 bits per heavy atom. The van der Waals surface area contributed by atoms with Gasteiger partial charge in [-0.3, -0.25) is 0 Å². The molecule has 2 heteroatoms. The molecule has 0 bridgehead atoms. The topological polar surface area (TPSA) is 30.9 Å². The molecule has 0 saturated carbocycles. The van der Waals surface area contributed by atoms with Crippen LogP contribution < -0.4 is 5.73 Å². The van der Waals surface area contributed by atoms with E-state index in [1.54, 1.807) is 0 Å². The van der Waals surface area contributed by atoms with Crippen LogP contribution in [0.15, 0.2) is 36.7 Å². The lowest BCUT2D eigenvalue weighted by Crippen LogP contribution is -1.94. The maximum Gasteiger partial charge on any atom is 0.0400 e. The molecule has 1 aromatic rings. The number of nitrogens with zero attached hydrogens (tertiary/aromatic N) is 1. The van der Waals surface area contributed by atoms with Gasteiger partial charge in [0.1, 0.15) is 0 Å². The van der Waals surface area contributed by atoms with Gasteiger partial charge < -0.3 is 10.3 Å². The van der Waals surface area contributed by atoms with Gasteiger partial charge in [-0.1, -0.05) is 12.2 Å². The van der Waals surface area contributed by atoms with E-state index in [0.29, 0.717) is 6.54 Å². The van der Waals surface area contributed by atoms with Gasteiger partial charge in [0, 0.05) is 25.5 Å².